The first kappa shape index (κ1) is 34.2. The van der Waals surface area contributed by atoms with E-state index in [1.165, 1.54) is 4.90 Å². The number of hydrogen-bond donors (Lipinski definition) is 1. The SMILES string of the molecule is CC(=CN1CCN(C(=O)c2cc(C(F)(F)F)cc(C(F)(F)F)c2)C(Cc2ccc(Cl)c(Cl)c2)C1)NOCCN1CCOCC1. The number of alkyl halides is 6. The van der Waals surface area contributed by atoms with Gasteiger partial charge in [0.1, 0.15) is 0 Å². The number of ether oxygens (including phenoxy) is 1. The van der Waals surface area contributed by atoms with Crippen LogP contribution in [-0.4, -0.2) is 85.7 Å². The lowest BCUT2D eigenvalue weighted by molar-refractivity contribution is -0.143. The largest absolute Gasteiger partial charge is 0.416 e. The number of halogens is 8. The summed E-state index contributed by atoms with van der Waals surface area (Å²) in [5, 5.41) is 0.590. The molecule has 2 fully saturated rings. The van der Waals surface area contributed by atoms with Crippen LogP contribution in [0.15, 0.2) is 48.3 Å². The first-order valence-electron chi connectivity index (χ1n) is 13.9. The van der Waals surface area contributed by atoms with Gasteiger partial charge in [-0.05, 0) is 49.2 Å². The second kappa shape index (κ2) is 14.6. The number of hydroxylamine groups is 1. The molecule has 1 amide bonds. The summed E-state index contributed by atoms with van der Waals surface area (Å²) >= 11 is 12.2. The maximum absolute atomic E-state index is 13.6. The minimum atomic E-state index is -5.08. The molecule has 4 rings (SSSR count). The molecule has 1 N–H and O–H groups in total. The van der Waals surface area contributed by atoms with Gasteiger partial charge in [0.2, 0.25) is 0 Å². The number of nitrogens with one attached hydrogen (secondary N) is 1. The van der Waals surface area contributed by atoms with Crippen LogP contribution in [0, 0.1) is 0 Å². The van der Waals surface area contributed by atoms with E-state index in [9.17, 15) is 31.1 Å². The zero-order valence-corrected chi connectivity index (χ0v) is 25.3. The molecule has 2 saturated heterocycles. The smallest absolute Gasteiger partial charge is 0.379 e. The summed E-state index contributed by atoms with van der Waals surface area (Å²) in [6, 6.07) is 5.20. The van der Waals surface area contributed by atoms with Gasteiger partial charge in [0.25, 0.3) is 5.91 Å². The Balaban J connectivity index is 1.52. The Morgan fingerprint density at radius 2 is 1.64 bits per heavy atom. The van der Waals surface area contributed by atoms with Crippen molar-refractivity contribution in [1.29, 1.82) is 0 Å². The lowest BCUT2D eigenvalue weighted by atomic mass is 9.99. The van der Waals surface area contributed by atoms with Gasteiger partial charge in [0, 0.05) is 51.0 Å². The fourth-order valence-electron chi connectivity index (χ4n) is 5.09. The van der Waals surface area contributed by atoms with Crippen LogP contribution >= 0.6 is 23.2 Å². The molecule has 44 heavy (non-hydrogen) atoms. The highest BCUT2D eigenvalue weighted by Crippen LogP contribution is 2.37. The number of amides is 1. The van der Waals surface area contributed by atoms with Gasteiger partial charge in [0.15, 0.2) is 0 Å². The Bertz CT molecular complexity index is 1300. The van der Waals surface area contributed by atoms with Gasteiger partial charge in [-0.1, -0.05) is 29.3 Å². The lowest BCUT2D eigenvalue weighted by Gasteiger charge is -2.41. The molecule has 2 aliphatic heterocycles. The van der Waals surface area contributed by atoms with Gasteiger partial charge in [-0.25, -0.2) is 0 Å². The van der Waals surface area contributed by atoms with Crippen molar-refractivity contribution >= 4 is 29.1 Å². The number of nitrogens with zero attached hydrogens (tertiary/aromatic N) is 3. The van der Waals surface area contributed by atoms with E-state index >= 15 is 0 Å². The van der Waals surface area contributed by atoms with Crippen LogP contribution in [0.5, 0.6) is 0 Å². The van der Waals surface area contributed by atoms with E-state index < -0.39 is 41.0 Å². The fraction of sp³-hybridized carbons (Fsp3) is 0.483. The van der Waals surface area contributed by atoms with Crippen molar-refractivity contribution in [1.82, 2.24) is 20.2 Å². The number of hydrogen-bond acceptors (Lipinski definition) is 6. The number of piperazine rings is 1. The molecule has 0 radical (unpaired) electrons. The second-order valence-electron chi connectivity index (χ2n) is 10.6. The number of morpholine rings is 1. The highest BCUT2D eigenvalue weighted by Gasteiger charge is 2.39. The Hall–Kier alpha value is -2.71. The molecule has 2 heterocycles. The fourth-order valence-corrected chi connectivity index (χ4v) is 5.41. The van der Waals surface area contributed by atoms with Crippen LogP contribution in [0.2, 0.25) is 10.0 Å². The number of allylic oxidation sites excluding steroid dienone is 1. The van der Waals surface area contributed by atoms with Gasteiger partial charge in [0.05, 0.1) is 52.7 Å². The van der Waals surface area contributed by atoms with E-state index in [0.717, 1.165) is 19.6 Å². The van der Waals surface area contributed by atoms with E-state index in [4.69, 9.17) is 32.8 Å². The number of carbonyl (C=O) groups excluding carboxylic acids is 1. The monoisotopic (exact) mass is 668 g/mol. The molecule has 2 aromatic carbocycles. The van der Waals surface area contributed by atoms with Crippen molar-refractivity contribution in [3.05, 3.63) is 80.6 Å². The van der Waals surface area contributed by atoms with Gasteiger partial charge < -0.3 is 14.5 Å². The van der Waals surface area contributed by atoms with Crippen LogP contribution in [0.25, 0.3) is 0 Å². The average Bonchev–Trinajstić information content (AvgIpc) is 2.96. The van der Waals surface area contributed by atoms with E-state index in [2.05, 4.69) is 10.4 Å². The van der Waals surface area contributed by atoms with E-state index in [-0.39, 0.29) is 37.1 Å². The molecule has 0 bridgehead atoms. The number of benzene rings is 2. The van der Waals surface area contributed by atoms with Crippen molar-refractivity contribution in [3.8, 4) is 0 Å². The minimum absolute atomic E-state index is 0.00546. The molecule has 1 atom stereocenters. The molecule has 0 spiro atoms. The van der Waals surface area contributed by atoms with Crippen LogP contribution < -0.4 is 5.48 Å². The summed E-state index contributed by atoms with van der Waals surface area (Å²) in [5.74, 6) is -0.934. The van der Waals surface area contributed by atoms with Crippen molar-refractivity contribution < 1.29 is 40.7 Å². The van der Waals surface area contributed by atoms with E-state index in [0.29, 0.717) is 48.2 Å². The first-order chi connectivity index (χ1) is 20.7. The Labute approximate surface area is 261 Å². The molecule has 15 heteroatoms. The van der Waals surface area contributed by atoms with Gasteiger partial charge in [-0.2, -0.15) is 26.3 Å². The highest BCUT2D eigenvalue weighted by atomic mass is 35.5. The normalized spacial score (nSPS) is 18.9. The molecule has 0 aromatic heterocycles. The quantitative estimate of drug-likeness (QED) is 0.198. The summed E-state index contributed by atoms with van der Waals surface area (Å²) in [6.07, 6.45) is -8.13. The molecule has 2 aromatic rings. The third-order valence-electron chi connectivity index (χ3n) is 7.29. The summed E-state index contributed by atoms with van der Waals surface area (Å²) < 4.78 is 86.3. The molecule has 2 aliphatic rings. The van der Waals surface area contributed by atoms with Crippen LogP contribution in [0.3, 0.4) is 0 Å². The highest BCUT2D eigenvalue weighted by molar-refractivity contribution is 6.42. The van der Waals surface area contributed by atoms with E-state index in [1.807, 2.05) is 4.90 Å². The molecule has 242 valence electrons. The summed E-state index contributed by atoms with van der Waals surface area (Å²) in [7, 11) is 0. The Morgan fingerprint density at radius 3 is 2.25 bits per heavy atom. The topological polar surface area (TPSA) is 57.3 Å². The molecular weight excluding hydrogens is 637 g/mol. The summed E-state index contributed by atoms with van der Waals surface area (Å²) in [6.45, 7) is 6.55. The predicted octanol–water partition coefficient (Wildman–Crippen LogP) is 6.11. The van der Waals surface area contributed by atoms with Crippen LogP contribution in [0.1, 0.15) is 34.0 Å². The summed E-state index contributed by atoms with van der Waals surface area (Å²) in [4.78, 5) is 24.6. The number of carbonyl (C=O) groups is 1. The molecule has 0 saturated carbocycles. The minimum Gasteiger partial charge on any atom is -0.379 e. The van der Waals surface area contributed by atoms with Gasteiger partial charge in [-0.15, -0.1) is 0 Å². The standard InChI is InChI=1S/C29H32Cl2F6N4O3/c1-19(38-44-11-8-39-6-9-43-10-7-39)17-40-4-5-41(24(18-40)12-20-2-3-25(30)26(31)13-20)27(42)21-14-22(28(32,33)34)16-23(15-21)29(35,36)37/h2-3,13-17,24,38H,4-12,18H2,1H3. The molecule has 0 aliphatic carbocycles. The zero-order valence-electron chi connectivity index (χ0n) is 23.8. The molecular formula is C29H32Cl2F6N4O3. The van der Waals surface area contributed by atoms with Crippen LogP contribution in [0.4, 0.5) is 26.3 Å². The van der Waals surface area contributed by atoms with Gasteiger partial charge in [-0.3, -0.25) is 20.0 Å². The Kier molecular flexibility index (Phi) is 11.3. The molecule has 7 nitrogen and oxygen atoms in total. The van der Waals surface area contributed by atoms with Crippen molar-refractivity contribution in [2.24, 2.45) is 0 Å². The van der Waals surface area contributed by atoms with Crippen LogP contribution in [-0.2, 0) is 28.3 Å². The zero-order chi connectivity index (χ0) is 32.1. The third kappa shape index (κ3) is 9.40. The van der Waals surface area contributed by atoms with Crippen molar-refractivity contribution in [3.63, 3.8) is 0 Å². The molecule has 1 unspecified atom stereocenters. The first-order valence-corrected chi connectivity index (χ1v) is 14.6. The van der Waals surface area contributed by atoms with Gasteiger partial charge >= 0.3 is 12.4 Å². The number of rotatable bonds is 9. The van der Waals surface area contributed by atoms with E-state index in [1.54, 1.807) is 31.3 Å². The maximum Gasteiger partial charge on any atom is 0.416 e. The summed E-state index contributed by atoms with van der Waals surface area (Å²) in [5.41, 5.74) is 0.459. The average molecular weight is 669 g/mol. The predicted molar refractivity (Wildman–Crippen MR) is 153 cm³/mol. The van der Waals surface area contributed by atoms with Crippen molar-refractivity contribution in [2.75, 3.05) is 59.1 Å². The lowest BCUT2D eigenvalue weighted by Crippen LogP contribution is -2.54. The Morgan fingerprint density at radius 1 is 0.977 bits per heavy atom. The second-order valence-corrected chi connectivity index (χ2v) is 11.4. The van der Waals surface area contributed by atoms with Crippen molar-refractivity contribution in [2.45, 2.75) is 31.7 Å². The third-order valence-corrected chi connectivity index (χ3v) is 8.03. The maximum atomic E-state index is 13.6.